The molecule has 0 aliphatic heterocycles. The van der Waals surface area contributed by atoms with Crippen LogP contribution in [0.5, 0.6) is 0 Å². The number of aromatic nitrogens is 10. The van der Waals surface area contributed by atoms with E-state index in [1.54, 1.807) is 0 Å². The van der Waals surface area contributed by atoms with Gasteiger partial charge in [0.25, 0.3) is 0 Å². The number of aliphatic hydroxyl groups is 2. The second kappa shape index (κ2) is 15.7. The van der Waals surface area contributed by atoms with Gasteiger partial charge in [-0.15, -0.1) is 0 Å². The van der Waals surface area contributed by atoms with E-state index in [-0.39, 0.29) is 35.6 Å². The molecule has 0 aliphatic carbocycles. The molecule has 6 aromatic rings. The van der Waals surface area contributed by atoms with Crippen LogP contribution in [0.2, 0.25) is 10.3 Å². The summed E-state index contributed by atoms with van der Waals surface area (Å²) in [5, 5.41) is 29.6. The van der Waals surface area contributed by atoms with Gasteiger partial charge < -0.3 is 10.2 Å². The van der Waals surface area contributed by atoms with E-state index in [0.29, 0.717) is 12.1 Å². The molecule has 20 heteroatoms. The first-order chi connectivity index (χ1) is 24.7. The molecule has 4 atom stereocenters. The highest BCUT2D eigenvalue weighted by Gasteiger charge is 2.43. The molecule has 0 fully saturated rings. The number of rotatable bonds is 10. The van der Waals surface area contributed by atoms with Gasteiger partial charge in [0.1, 0.15) is 72.4 Å². The van der Waals surface area contributed by atoms with Gasteiger partial charge >= 0.3 is 0 Å². The Balaban J connectivity index is 0.000000201. The van der Waals surface area contributed by atoms with Crippen molar-refractivity contribution in [3.8, 4) is 0 Å². The van der Waals surface area contributed by atoms with Crippen LogP contribution in [0.4, 0.5) is 26.3 Å². The molecule has 52 heavy (non-hydrogen) atoms. The molecule has 0 amide bonds. The fraction of sp³-hybridized carbons (Fsp3) is 0.250. The molecule has 4 aromatic heterocycles. The summed E-state index contributed by atoms with van der Waals surface area (Å²) in [6.45, 7) is 2.33. The minimum absolute atomic E-state index is 0.212. The van der Waals surface area contributed by atoms with Gasteiger partial charge in [-0.3, -0.25) is 0 Å². The lowest BCUT2D eigenvalue weighted by Crippen LogP contribution is -2.39. The summed E-state index contributed by atoms with van der Waals surface area (Å²) in [6.07, 6.45) is 7.15. The molecule has 2 aromatic carbocycles. The highest BCUT2D eigenvalue weighted by Crippen LogP contribution is 2.41. The number of benzene rings is 2. The van der Waals surface area contributed by atoms with E-state index in [1.165, 1.54) is 48.5 Å². The van der Waals surface area contributed by atoms with Gasteiger partial charge in [-0.25, -0.2) is 65.6 Å². The standard InChI is InChI=1S/2C16H13ClF3N5O/c2*1-9(14-13(20)15(17)23-7-22-14)16(26,5-25-8-21-6-24-25)11-3-2-10(18)4-12(11)19/h2*2-4,6-9,26H,5H2,1H3. The zero-order valence-electron chi connectivity index (χ0n) is 26.9. The van der Waals surface area contributed by atoms with Crippen molar-refractivity contribution in [2.75, 3.05) is 0 Å². The van der Waals surface area contributed by atoms with E-state index >= 15 is 0 Å². The SMILES string of the molecule is CC(c1ncnc(Cl)c1F)C(O)(Cn1cncn1)c1ccc(F)cc1F.CC(c1ncnc(Cl)c1F)C(O)(Cn1cncn1)c1ccc(F)cc1F. The van der Waals surface area contributed by atoms with Crippen molar-refractivity contribution in [1.29, 1.82) is 0 Å². The Labute approximate surface area is 300 Å². The lowest BCUT2D eigenvalue weighted by Gasteiger charge is -2.34. The normalized spacial score (nSPS) is 14.8. The molecule has 4 unspecified atom stereocenters. The van der Waals surface area contributed by atoms with Gasteiger partial charge in [-0.05, 0) is 12.1 Å². The molecular weight excluding hydrogens is 741 g/mol. The fourth-order valence-corrected chi connectivity index (χ4v) is 5.77. The largest absolute Gasteiger partial charge is 0.382 e. The van der Waals surface area contributed by atoms with Crippen molar-refractivity contribution in [3.05, 3.63) is 142 Å². The van der Waals surface area contributed by atoms with E-state index in [1.807, 2.05) is 0 Å². The highest BCUT2D eigenvalue weighted by molar-refractivity contribution is 6.29. The third-order valence-electron chi connectivity index (χ3n) is 8.34. The Morgan fingerprint density at radius 2 is 1.00 bits per heavy atom. The number of halogens is 8. The lowest BCUT2D eigenvalue weighted by atomic mass is 9.79. The summed E-state index contributed by atoms with van der Waals surface area (Å²) in [6, 6.07) is 5.47. The summed E-state index contributed by atoms with van der Waals surface area (Å²) in [5.41, 5.74) is -4.95. The van der Waals surface area contributed by atoms with Crippen LogP contribution in [0.25, 0.3) is 0 Å². The van der Waals surface area contributed by atoms with Gasteiger partial charge in [0.2, 0.25) is 0 Å². The quantitative estimate of drug-likeness (QED) is 0.132. The van der Waals surface area contributed by atoms with Crippen LogP contribution in [-0.2, 0) is 24.3 Å². The predicted molar refractivity (Wildman–Crippen MR) is 171 cm³/mol. The van der Waals surface area contributed by atoms with E-state index in [4.69, 9.17) is 23.2 Å². The Morgan fingerprint density at radius 1 is 0.615 bits per heavy atom. The topological polar surface area (TPSA) is 153 Å². The summed E-state index contributed by atoms with van der Waals surface area (Å²) in [7, 11) is 0. The van der Waals surface area contributed by atoms with Crippen molar-refractivity contribution in [3.63, 3.8) is 0 Å². The van der Waals surface area contributed by atoms with Crippen molar-refractivity contribution < 1.29 is 36.6 Å². The van der Waals surface area contributed by atoms with Crippen LogP contribution < -0.4 is 0 Å². The van der Waals surface area contributed by atoms with Crippen LogP contribution >= 0.6 is 23.2 Å². The maximum absolute atomic E-state index is 14.4. The average Bonchev–Trinajstić information content (AvgIpc) is 3.81. The molecule has 0 spiro atoms. The van der Waals surface area contributed by atoms with Crippen molar-refractivity contribution in [2.45, 2.75) is 50.0 Å². The molecule has 0 saturated heterocycles. The molecule has 0 aliphatic rings. The molecule has 0 saturated carbocycles. The van der Waals surface area contributed by atoms with Crippen molar-refractivity contribution in [2.24, 2.45) is 0 Å². The van der Waals surface area contributed by atoms with Crippen LogP contribution in [0, 0.1) is 34.9 Å². The number of hydrogen-bond donors (Lipinski definition) is 2. The zero-order valence-corrected chi connectivity index (χ0v) is 28.4. The van der Waals surface area contributed by atoms with Gasteiger partial charge in [-0.2, -0.15) is 10.2 Å². The smallest absolute Gasteiger partial charge is 0.182 e. The van der Waals surface area contributed by atoms with E-state index in [0.717, 1.165) is 36.9 Å². The second-order valence-electron chi connectivity index (χ2n) is 11.5. The molecule has 6 rings (SSSR count). The average molecular weight is 768 g/mol. The predicted octanol–water partition coefficient (Wildman–Crippen LogP) is 5.66. The van der Waals surface area contributed by atoms with E-state index in [9.17, 15) is 36.6 Å². The minimum Gasteiger partial charge on any atom is -0.382 e. The minimum atomic E-state index is -2.02. The molecule has 0 bridgehead atoms. The van der Waals surface area contributed by atoms with Crippen molar-refractivity contribution >= 4 is 23.2 Å². The van der Waals surface area contributed by atoms with Crippen LogP contribution in [-0.4, -0.2) is 59.7 Å². The van der Waals surface area contributed by atoms with E-state index in [2.05, 4.69) is 40.1 Å². The third kappa shape index (κ3) is 7.89. The van der Waals surface area contributed by atoms with Gasteiger partial charge in [0.15, 0.2) is 21.9 Å². The number of nitrogens with zero attached hydrogens (tertiary/aromatic N) is 10. The Morgan fingerprint density at radius 3 is 1.33 bits per heavy atom. The zero-order chi connectivity index (χ0) is 37.8. The van der Waals surface area contributed by atoms with Crippen LogP contribution in [0.15, 0.2) is 74.4 Å². The monoisotopic (exact) mass is 766 g/mol. The van der Waals surface area contributed by atoms with Gasteiger partial charge in [-0.1, -0.05) is 49.2 Å². The molecule has 272 valence electrons. The summed E-state index contributed by atoms with van der Waals surface area (Å²) in [5.74, 6) is -7.60. The number of hydrogen-bond acceptors (Lipinski definition) is 10. The van der Waals surface area contributed by atoms with Crippen LogP contribution in [0.1, 0.15) is 48.2 Å². The lowest BCUT2D eigenvalue weighted by molar-refractivity contribution is -0.0137. The first kappa shape index (κ1) is 38.2. The molecule has 4 heterocycles. The van der Waals surface area contributed by atoms with Crippen LogP contribution in [0.3, 0.4) is 0 Å². The Hall–Kier alpha value is -5.04. The second-order valence-corrected chi connectivity index (χ2v) is 12.2. The Bertz CT molecular complexity index is 2000. The third-order valence-corrected chi connectivity index (χ3v) is 8.86. The Kier molecular flexibility index (Phi) is 11.5. The summed E-state index contributed by atoms with van der Waals surface area (Å²) < 4.78 is 86.7. The maximum atomic E-state index is 14.4. The van der Waals surface area contributed by atoms with Gasteiger partial charge in [0.05, 0.1) is 24.5 Å². The van der Waals surface area contributed by atoms with Gasteiger partial charge in [0, 0.05) is 35.1 Å². The maximum Gasteiger partial charge on any atom is 0.182 e. The summed E-state index contributed by atoms with van der Waals surface area (Å²) >= 11 is 11.4. The molecule has 2 N–H and O–H groups in total. The first-order valence-corrected chi connectivity index (χ1v) is 15.7. The molecular formula is C32H26Cl2F6N10O2. The van der Waals surface area contributed by atoms with Crippen molar-refractivity contribution in [1.82, 2.24) is 49.5 Å². The fourth-order valence-electron chi connectivity index (χ4n) is 5.49. The highest BCUT2D eigenvalue weighted by atomic mass is 35.5. The first-order valence-electron chi connectivity index (χ1n) is 15.0. The molecule has 12 nitrogen and oxygen atoms in total. The molecule has 0 radical (unpaired) electrons. The van der Waals surface area contributed by atoms with E-state index < -0.39 is 68.2 Å². The summed E-state index contributed by atoms with van der Waals surface area (Å²) in [4.78, 5) is 22.3.